The molecule has 1 aromatic carbocycles. The molecule has 3 N–H and O–H groups in total. The summed E-state index contributed by atoms with van der Waals surface area (Å²) in [5.74, 6) is 1.09. The van der Waals surface area contributed by atoms with E-state index in [1.165, 1.54) is 25.7 Å². The predicted molar refractivity (Wildman–Crippen MR) is 83.5 cm³/mol. The van der Waals surface area contributed by atoms with E-state index in [1.54, 1.807) is 18.2 Å². The van der Waals surface area contributed by atoms with Crippen LogP contribution in [0.4, 0.5) is 0 Å². The first-order valence-corrected chi connectivity index (χ1v) is 8.15. The second-order valence-electron chi connectivity index (χ2n) is 6.49. The molecule has 2 fully saturated rings. The number of piperidine rings is 1. The molecule has 3 atom stereocenters. The highest BCUT2D eigenvalue weighted by Gasteiger charge is 2.32. The zero-order valence-corrected chi connectivity index (χ0v) is 12.8. The second kappa shape index (κ2) is 6.24. The molecule has 4 heteroatoms. The lowest BCUT2D eigenvalue weighted by atomic mass is 9.88. The standard InChI is InChI=1S/C17H26N2O2/c1-12(17-15(20)7-2-8-16(17)21)19-10-4-5-13(11-19)14-6-3-9-18-14/h2,7-8,12-14,18,20-21H,3-6,9-11H2,1H3. The summed E-state index contributed by atoms with van der Waals surface area (Å²) in [7, 11) is 0. The molecule has 0 saturated carbocycles. The van der Waals surface area contributed by atoms with E-state index in [9.17, 15) is 10.2 Å². The van der Waals surface area contributed by atoms with Crippen molar-refractivity contribution in [2.75, 3.05) is 19.6 Å². The van der Waals surface area contributed by atoms with E-state index in [2.05, 4.69) is 17.1 Å². The van der Waals surface area contributed by atoms with Crippen LogP contribution in [0.3, 0.4) is 0 Å². The zero-order chi connectivity index (χ0) is 14.8. The van der Waals surface area contributed by atoms with E-state index in [0.29, 0.717) is 17.5 Å². The van der Waals surface area contributed by atoms with Crippen LogP contribution in [0, 0.1) is 5.92 Å². The van der Waals surface area contributed by atoms with E-state index in [4.69, 9.17) is 0 Å². The normalized spacial score (nSPS) is 28.6. The Hall–Kier alpha value is -1.26. The maximum atomic E-state index is 10.1. The molecule has 0 aliphatic carbocycles. The maximum absolute atomic E-state index is 10.1. The predicted octanol–water partition coefficient (Wildman–Crippen LogP) is 2.62. The molecule has 2 saturated heterocycles. The summed E-state index contributed by atoms with van der Waals surface area (Å²) in [6, 6.07) is 5.70. The van der Waals surface area contributed by atoms with Crippen molar-refractivity contribution in [1.29, 1.82) is 0 Å². The average Bonchev–Trinajstić information content (AvgIpc) is 3.01. The summed E-state index contributed by atoms with van der Waals surface area (Å²) in [5, 5.41) is 23.8. The number of phenolic OH excluding ortho intramolecular Hbond substituents is 2. The molecule has 0 spiro atoms. The average molecular weight is 290 g/mol. The SMILES string of the molecule is CC(c1c(O)cccc1O)N1CCCC(C2CCCN2)C1. The van der Waals surface area contributed by atoms with Gasteiger partial charge >= 0.3 is 0 Å². The minimum atomic E-state index is 0.0513. The molecule has 0 amide bonds. The van der Waals surface area contributed by atoms with Crippen molar-refractivity contribution in [2.45, 2.75) is 44.7 Å². The van der Waals surface area contributed by atoms with E-state index < -0.39 is 0 Å². The molecule has 4 nitrogen and oxygen atoms in total. The van der Waals surface area contributed by atoms with Gasteiger partial charge in [0.1, 0.15) is 11.5 Å². The van der Waals surface area contributed by atoms with Gasteiger partial charge in [0, 0.05) is 18.6 Å². The lowest BCUT2D eigenvalue weighted by Gasteiger charge is -2.39. The first kappa shape index (κ1) is 14.7. The fourth-order valence-electron chi connectivity index (χ4n) is 3.99. The second-order valence-corrected chi connectivity index (χ2v) is 6.49. The van der Waals surface area contributed by atoms with Crippen molar-refractivity contribution < 1.29 is 10.2 Å². The third-order valence-corrected chi connectivity index (χ3v) is 5.18. The Morgan fingerprint density at radius 3 is 2.62 bits per heavy atom. The van der Waals surface area contributed by atoms with Gasteiger partial charge in [-0.15, -0.1) is 0 Å². The van der Waals surface area contributed by atoms with Crippen molar-refractivity contribution in [1.82, 2.24) is 10.2 Å². The van der Waals surface area contributed by atoms with Crippen LogP contribution in [0.15, 0.2) is 18.2 Å². The van der Waals surface area contributed by atoms with Gasteiger partial charge in [-0.3, -0.25) is 4.90 Å². The first-order chi connectivity index (χ1) is 10.2. The molecule has 2 aliphatic rings. The lowest BCUT2D eigenvalue weighted by molar-refractivity contribution is 0.112. The number of phenols is 2. The molecule has 3 unspecified atom stereocenters. The van der Waals surface area contributed by atoms with Crippen LogP contribution in [-0.2, 0) is 0 Å². The van der Waals surface area contributed by atoms with Gasteiger partial charge in [-0.2, -0.15) is 0 Å². The van der Waals surface area contributed by atoms with Crippen LogP contribution in [0.25, 0.3) is 0 Å². The fraction of sp³-hybridized carbons (Fsp3) is 0.647. The Labute approximate surface area is 126 Å². The quantitative estimate of drug-likeness (QED) is 0.801. The molecule has 2 aliphatic heterocycles. The molecule has 0 radical (unpaired) electrons. The maximum Gasteiger partial charge on any atom is 0.124 e. The van der Waals surface area contributed by atoms with Crippen LogP contribution in [0.1, 0.15) is 44.2 Å². The Kier molecular flexibility index (Phi) is 4.36. The van der Waals surface area contributed by atoms with Crippen molar-refractivity contribution in [3.8, 4) is 11.5 Å². The molecular weight excluding hydrogens is 264 g/mol. The number of hydrogen-bond donors (Lipinski definition) is 3. The minimum absolute atomic E-state index is 0.0513. The van der Waals surface area contributed by atoms with E-state index in [1.807, 2.05) is 0 Å². The summed E-state index contributed by atoms with van der Waals surface area (Å²) in [5.41, 5.74) is 0.664. The largest absolute Gasteiger partial charge is 0.507 e. The lowest BCUT2D eigenvalue weighted by Crippen LogP contribution is -2.44. The highest BCUT2D eigenvalue weighted by Crippen LogP contribution is 2.38. The van der Waals surface area contributed by atoms with Gasteiger partial charge in [-0.05, 0) is 63.7 Å². The van der Waals surface area contributed by atoms with Crippen LogP contribution in [0.2, 0.25) is 0 Å². The van der Waals surface area contributed by atoms with Crippen LogP contribution in [0.5, 0.6) is 11.5 Å². The minimum Gasteiger partial charge on any atom is -0.507 e. The summed E-state index contributed by atoms with van der Waals surface area (Å²) >= 11 is 0. The van der Waals surface area contributed by atoms with Gasteiger partial charge in [-0.1, -0.05) is 6.07 Å². The topological polar surface area (TPSA) is 55.7 Å². The summed E-state index contributed by atoms with van der Waals surface area (Å²) in [4.78, 5) is 2.41. The van der Waals surface area contributed by atoms with E-state index >= 15 is 0 Å². The van der Waals surface area contributed by atoms with Gasteiger partial charge in [0.15, 0.2) is 0 Å². The Balaban J connectivity index is 1.73. The van der Waals surface area contributed by atoms with Gasteiger partial charge < -0.3 is 15.5 Å². The Morgan fingerprint density at radius 1 is 1.19 bits per heavy atom. The molecule has 2 heterocycles. The first-order valence-electron chi connectivity index (χ1n) is 8.15. The number of nitrogens with zero attached hydrogens (tertiary/aromatic N) is 1. The third-order valence-electron chi connectivity index (χ3n) is 5.18. The number of nitrogens with one attached hydrogen (secondary N) is 1. The third kappa shape index (κ3) is 3.01. The number of hydrogen-bond acceptors (Lipinski definition) is 4. The van der Waals surface area contributed by atoms with Gasteiger partial charge in [0.25, 0.3) is 0 Å². The Morgan fingerprint density at radius 2 is 1.95 bits per heavy atom. The molecule has 1 aromatic rings. The van der Waals surface area contributed by atoms with Gasteiger partial charge in [0.2, 0.25) is 0 Å². The number of aromatic hydroxyl groups is 2. The summed E-state index contributed by atoms with van der Waals surface area (Å²) < 4.78 is 0. The van der Waals surface area contributed by atoms with Crippen LogP contribution < -0.4 is 5.32 Å². The fourth-order valence-corrected chi connectivity index (χ4v) is 3.99. The number of rotatable bonds is 3. The van der Waals surface area contributed by atoms with Gasteiger partial charge in [0.05, 0.1) is 5.56 Å². The summed E-state index contributed by atoms with van der Waals surface area (Å²) in [6.45, 7) is 5.32. The monoisotopic (exact) mass is 290 g/mol. The van der Waals surface area contributed by atoms with Crippen molar-refractivity contribution in [3.63, 3.8) is 0 Å². The molecule has 0 bridgehead atoms. The van der Waals surface area contributed by atoms with Crippen molar-refractivity contribution in [2.24, 2.45) is 5.92 Å². The van der Waals surface area contributed by atoms with Crippen LogP contribution in [-0.4, -0.2) is 40.8 Å². The van der Waals surface area contributed by atoms with Crippen molar-refractivity contribution in [3.05, 3.63) is 23.8 Å². The molecule has 0 aromatic heterocycles. The van der Waals surface area contributed by atoms with Gasteiger partial charge in [-0.25, -0.2) is 0 Å². The highest BCUT2D eigenvalue weighted by atomic mass is 16.3. The zero-order valence-electron chi connectivity index (χ0n) is 12.8. The smallest absolute Gasteiger partial charge is 0.124 e. The Bertz CT molecular complexity index is 465. The molecular formula is C17H26N2O2. The molecule has 21 heavy (non-hydrogen) atoms. The number of likely N-dealkylation sites (tertiary alicyclic amines) is 1. The van der Waals surface area contributed by atoms with E-state index in [0.717, 1.165) is 19.6 Å². The molecule has 3 rings (SSSR count). The highest BCUT2D eigenvalue weighted by molar-refractivity contribution is 5.45. The van der Waals surface area contributed by atoms with Crippen LogP contribution >= 0.6 is 0 Å². The molecule has 116 valence electrons. The van der Waals surface area contributed by atoms with E-state index in [-0.39, 0.29) is 17.5 Å². The summed E-state index contributed by atoms with van der Waals surface area (Å²) in [6.07, 6.45) is 5.06. The number of benzene rings is 1. The van der Waals surface area contributed by atoms with Crippen molar-refractivity contribution >= 4 is 0 Å².